The fraction of sp³-hybridized carbons (Fsp3) is 0.312. The molecule has 0 spiro atoms. The molecule has 7 nitrogen and oxygen atoms in total. The number of nitrogens with zero attached hydrogens (tertiary/aromatic N) is 2. The minimum atomic E-state index is -0.522. The van der Waals surface area contributed by atoms with Gasteiger partial charge in [-0.1, -0.05) is 85.4 Å². The van der Waals surface area contributed by atoms with E-state index in [0.717, 1.165) is 44.3 Å². The van der Waals surface area contributed by atoms with Gasteiger partial charge < -0.3 is 24.5 Å². The number of hydrogen-bond donors (Lipinski definition) is 2. The summed E-state index contributed by atoms with van der Waals surface area (Å²) in [5.74, 6) is 0.807. The molecule has 40 heavy (non-hydrogen) atoms. The second-order valence-corrected chi connectivity index (χ2v) is 11.2. The average Bonchev–Trinajstić information content (AvgIpc) is 3.40. The van der Waals surface area contributed by atoms with E-state index in [-0.39, 0.29) is 30.6 Å². The van der Waals surface area contributed by atoms with Crippen LogP contribution in [0.5, 0.6) is 0 Å². The highest BCUT2D eigenvalue weighted by Crippen LogP contribution is 2.43. The van der Waals surface area contributed by atoms with Gasteiger partial charge in [0.05, 0.1) is 18.8 Å². The van der Waals surface area contributed by atoms with Gasteiger partial charge in [-0.2, -0.15) is 0 Å². The van der Waals surface area contributed by atoms with Gasteiger partial charge in [-0.05, 0) is 33.9 Å². The Morgan fingerprint density at radius 3 is 2.42 bits per heavy atom. The highest BCUT2D eigenvalue weighted by Gasteiger charge is 2.38. The van der Waals surface area contributed by atoms with Crippen LogP contribution >= 0.6 is 11.8 Å². The van der Waals surface area contributed by atoms with Crippen LogP contribution < -0.4 is 5.32 Å². The lowest BCUT2D eigenvalue weighted by molar-refractivity contribution is -0.268. The van der Waals surface area contributed by atoms with E-state index in [1.807, 2.05) is 60.4 Å². The average molecular weight is 558 g/mol. The molecule has 0 saturated carbocycles. The Labute approximate surface area is 239 Å². The Kier molecular flexibility index (Phi) is 9.01. The van der Waals surface area contributed by atoms with E-state index in [0.29, 0.717) is 6.54 Å². The topological polar surface area (TPSA) is 85.6 Å². The van der Waals surface area contributed by atoms with Gasteiger partial charge in [0.15, 0.2) is 11.4 Å². The van der Waals surface area contributed by atoms with Gasteiger partial charge in [0.25, 0.3) is 0 Å². The number of aliphatic hydroxyl groups is 1. The first-order valence-corrected chi connectivity index (χ1v) is 14.4. The quantitative estimate of drug-likeness (QED) is 0.253. The van der Waals surface area contributed by atoms with Crippen molar-refractivity contribution < 1.29 is 19.4 Å². The van der Waals surface area contributed by atoms with E-state index < -0.39 is 6.29 Å². The second kappa shape index (κ2) is 12.8. The van der Waals surface area contributed by atoms with Gasteiger partial charge in [-0.15, -0.1) is 0 Å². The Morgan fingerprint density at radius 2 is 1.75 bits per heavy atom. The van der Waals surface area contributed by atoms with Gasteiger partial charge in [0.1, 0.15) is 0 Å². The number of aromatic nitrogens is 2. The zero-order valence-corrected chi connectivity index (χ0v) is 23.8. The van der Waals surface area contributed by atoms with Crippen molar-refractivity contribution in [2.45, 2.75) is 50.7 Å². The summed E-state index contributed by atoms with van der Waals surface area (Å²) in [4.78, 5) is 15.8. The van der Waals surface area contributed by atoms with Crippen LogP contribution in [-0.4, -0.2) is 32.4 Å². The maximum Gasteiger partial charge on any atom is 0.217 e. The monoisotopic (exact) mass is 557 g/mol. The maximum absolute atomic E-state index is 11.3. The number of aryl methyl sites for hydroxylation is 1. The third-order valence-corrected chi connectivity index (χ3v) is 8.41. The molecule has 0 radical (unpaired) electrons. The number of aliphatic hydroxyl groups excluding tert-OH is 1. The summed E-state index contributed by atoms with van der Waals surface area (Å²) in [5.41, 5.74) is 6.11. The highest BCUT2D eigenvalue weighted by atomic mass is 32.2. The van der Waals surface area contributed by atoms with E-state index in [4.69, 9.17) is 9.47 Å². The van der Waals surface area contributed by atoms with Crippen LogP contribution in [0.4, 0.5) is 0 Å². The Morgan fingerprint density at radius 1 is 1.00 bits per heavy atom. The molecule has 1 aliphatic rings. The summed E-state index contributed by atoms with van der Waals surface area (Å²) in [5, 5.41) is 13.3. The second-order valence-electron chi connectivity index (χ2n) is 10.2. The number of thioether (sulfide) groups is 1. The van der Waals surface area contributed by atoms with Gasteiger partial charge in [0, 0.05) is 50.1 Å². The molecule has 3 aromatic carbocycles. The Hall–Kier alpha value is -3.43. The smallest absolute Gasteiger partial charge is 0.217 e. The van der Waals surface area contributed by atoms with Crippen molar-refractivity contribution in [2.75, 3.05) is 5.75 Å². The van der Waals surface area contributed by atoms with Crippen LogP contribution in [0.15, 0.2) is 90.3 Å². The summed E-state index contributed by atoms with van der Waals surface area (Å²) in [7, 11) is 2.00. The zero-order valence-electron chi connectivity index (χ0n) is 23.0. The lowest BCUT2D eigenvalue weighted by atomic mass is 9.91. The third-order valence-electron chi connectivity index (χ3n) is 7.26. The van der Waals surface area contributed by atoms with Crippen LogP contribution in [0.25, 0.3) is 11.1 Å². The van der Waals surface area contributed by atoms with Crippen molar-refractivity contribution in [1.82, 2.24) is 14.9 Å². The summed E-state index contributed by atoms with van der Waals surface area (Å²) in [6, 6.07) is 24.4. The van der Waals surface area contributed by atoms with Gasteiger partial charge in [-0.25, -0.2) is 4.98 Å². The largest absolute Gasteiger partial charge is 0.392 e. The molecular formula is C32H35N3O4S. The molecule has 0 unspecified atom stereocenters. The number of imidazole rings is 1. The Balaban J connectivity index is 1.37. The minimum absolute atomic E-state index is 0.0124. The number of hydrogen-bond acceptors (Lipinski definition) is 6. The molecule has 8 heteroatoms. The van der Waals surface area contributed by atoms with Crippen molar-refractivity contribution in [3.63, 3.8) is 0 Å². The fourth-order valence-corrected chi connectivity index (χ4v) is 5.97. The number of nitrogens with one attached hydrogen (secondary N) is 1. The van der Waals surface area contributed by atoms with Crippen molar-refractivity contribution >= 4 is 17.7 Å². The molecule has 4 atom stereocenters. The third kappa shape index (κ3) is 6.64. The number of amides is 1. The van der Waals surface area contributed by atoms with Gasteiger partial charge >= 0.3 is 0 Å². The van der Waals surface area contributed by atoms with Crippen LogP contribution in [-0.2, 0) is 34.5 Å². The van der Waals surface area contributed by atoms with Crippen LogP contribution in [0.2, 0.25) is 0 Å². The van der Waals surface area contributed by atoms with Crippen LogP contribution in [0, 0.1) is 5.92 Å². The molecule has 5 rings (SSSR count). The molecule has 1 fully saturated rings. The van der Waals surface area contributed by atoms with Crippen LogP contribution in [0.1, 0.15) is 48.5 Å². The predicted molar refractivity (Wildman–Crippen MR) is 156 cm³/mol. The lowest BCUT2D eigenvalue weighted by Gasteiger charge is -2.41. The molecule has 1 aliphatic heterocycles. The Bertz CT molecular complexity index is 1420. The molecule has 208 valence electrons. The van der Waals surface area contributed by atoms with E-state index in [9.17, 15) is 9.90 Å². The SMILES string of the molecule is CC(=O)NCc1cccc(-c2ccc([C@@H]3O[C@H](CSc4nccn4C)[C@H](C)[C@H](c4ccc(CO)cc4)O3)cc2)c1. The molecule has 0 aliphatic carbocycles. The maximum atomic E-state index is 11.3. The highest BCUT2D eigenvalue weighted by molar-refractivity contribution is 7.99. The number of carbonyl (C=O) groups excluding carboxylic acids is 1. The summed E-state index contributed by atoms with van der Waals surface area (Å²) >= 11 is 1.68. The van der Waals surface area contributed by atoms with Crippen molar-refractivity contribution in [1.29, 1.82) is 0 Å². The van der Waals surface area contributed by atoms with Crippen molar-refractivity contribution in [3.8, 4) is 11.1 Å². The van der Waals surface area contributed by atoms with Gasteiger partial charge in [0.2, 0.25) is 5.91 Å². The van der Waals surface area contributed by atoms with Gasteiger partial charge in [-0.3, -0.25) is 4.79 Å². The summed E-state index contributed by atoms with van der Waals surface area (Å²) in [6.07, 6.45) is 3.01. The van der Waals surface area contributed by atoms with E-state index in [1.165, 1.54) is 6.92 Å². The predicted octanol–water partition coefficient (Wildman–Crippen LogP) is 5.80. The van der Waals surface area contributed by atoms with Crippen molar-refractivity contribution in [2.24, 2.45) is 13.0 Å². The molecule has 1 aromatic heterocycles. The van der Waals surface area contributed by atoms with Crippen molar-refractivity contribution in [3.05, 3.63) is 107 Å². The number of rotatable bonds is 9. The lowest BCUT2D eigenvalue weighted by Crippen LogP contribution is -2.38. The van der Waals surface area contributed by atoms with Crippen LogP contribution in [0.3, 0.4) is 0 Å². The minimum Gasteiger partial charge on any atom is -0.392 e. The molecule has 4 aromatic rings. The molecule has 1 saturated heterocycles. The number of benzene rings is 3. The molecular weight excluding hydrogens is 522 g/mol. The summed E-state index contributed by atoms with van der Waals surface area (Å²) < 4.78 is 15.2. The standard InChI is InChI=1S/C32H35N3O4S/c1-21-29(20-40-32-33-15-16-35(32)3)38-31(39-30(21)26-9-7-23(19-36)8-10-26)27-13-11-25(12-14-27)28-6-4-5-24(17-28)18-34-22(2)37/h4-17,21,29-31,36H,18-20H2,1-3H3,(H,34,37)/t21-,29+,30+,31+/m0/s1. The molecule has 2 heterocycles. The first-order valence-electron chi connectivity index (χ1n) is 13.5. The molecule has 0 bridgehead atoms. The van der Waals surface area contributed by atoms with E-state index in [2.05, 4.69) is 53.6 Å². The molecule has 1 amide bonds. The number of ether oxygens (including phenoxy) is 2. The van der Waals surface area contributed by atoms with E-state index in [1.54, 1.807) is 11.8 Å². The normalized spacial score (nSPS) is 20.8. The number of carbonyl (C=O) groups is 1. The fourth-order valence-electron chi connectivity index (χ4n) is 4.88. The first kappa shape index (κ1) is 28.1. The zero-order chi connectivity index (χ0) is 28.1. The first-order chi connectivity index (χ1) is 19.4. The summed E-state index contributed by atoms with van der Waals surface area (Å²) in [6.45, 7) is 4.21. The van der Waals surface area contributed by atoms with E-state index >= 15 is 0 Å². The molecule has 2 N–H and O–H groups in total.